The third-order valence-corrected chi connectivity index (χ3v) is 2.96. The average Bonchev–Trinajstić information content (AvgIpc) is 2.87. The van der Waals surface area contributed by atoms with Crippen molar-refractivity contribution in [1.82, 2.24) is 15.0 Å². The molecule has 0 spiro atoms. The Kier molecular flexibility index (Phi) is 4.28. The summed E-state index contributed by atoms with van der Waals surface area (Å²) < 4.78 is 7.11. The van der Waals surface area contributed by atoms with Crippen LogP contribution in [0.1, 0.15) is 30.3 Å². The van der Waals surface area contributed by atoms with E-state index in [2.05, 4.69) is 17.2 Å². The molecule has 19 heavy (non-hydrogen) atoms. The molecular formula is C14H17N3O2. The maximum absolute atomic E-state index is 11.1. The smallest absolute Gasteiger partial charge is 0.172 e. The Bertz CT molecular complexity index is 564. The Morgan fingerprint density at radius 1 is 1.37 bits per heavy atom. The van der Waals surface area contributed by atoms with Crippen LogP contribution in [0.25, 0.3) is 11.3 Å². The van der Waals surface area contributed by atoms with Crippen LogP contribution in [0.3, 0.4) is 0 Å². The molecule has 0 radical (unpaired) electrons. The molecule has 1 aromatic carbocycles. The fourth-order valence-electron chi connectivity index (χ4n) is 1.99. The number of aryl methyl sites for hydroxylation is 1. The third kappa shape index (κ3) is 2.65. The van der Waals surface area contributed by atoms with Gasteiger partial charge in [-0.1, -0.05) is 30.7 Å². The molecule has 0 aliphatic heterocycles. The van der Waals surface area contributed by atoms with Crippen LogP contribution in [-0.2, 0) is 6.54 Å². The van der Waals surface area contributed by atoms with E-state index in [9.17, 15) is 4.79 Å². The van der Waals surface area contributed by atoms with Crippen molar-refractivity contribution in [3.8, 4) is 17.0 Å². The summed E-state index contributed by atoms with van der Waals surface area (Å²) in [4.78, 5) is 11.1. The van der Waals surface area contributed by atoms with Gasteiger partial charge >= 0.3 is 0 Å². The molecule has 2 rings (SSSR count). The molecular weight excluding hydrogens is 242 g/mol. The van der Waals surface area contributed by atoms with Crippen LogP contribution in [0.4, 0.5) is 0 Å². The van der Waals surface area contributed by atoms with Crippen LogP contribution < -0.4 is 4.74 Å². The first-order valence-electron chi connectivity index (χ1n) is 6.33. The fraction of sp³-hybridized carbons (Fsp3) is 0.357. The topological polar surface area (TPSA) is 57.0 Å². The largest absolute Gasteiger partial charge is 0.496 e. The van der Waals surface area contributed by atoms with Crippen molar-refractivity contribution >= 4 is 6.29 Å². The Morgan fingerprint density at radius 2 is 2.16 bits per heavy atom. The van der Waals surface area contributed by atoms with E-state index in [1.54, 1.807) is 11.8 Å². The van der Waals surface area contributed by atoms with Crippen LogP contribution in [0, 0.1) is 0 Å². The number of rotatable bonds is 6. The number of ether oxygens (including phenoxy) is 1. The third-order valence-electron chi connectivity index (χ3n) is 2.96. The molecule has 1 aromatic heterocycles. The number of carbonyl (C=O) groups is 1. The number of unbranched alkanes of at least 4 members (excludes halogenated alkanes) is 1. The summed E-state index contributed by atoms with van der Waals surface area (Å²) >= 11 is 0. The molecule has 1 heterocycles. The summed E-state index contributed by atoms with van der Waals surface area (Å²) in [7, 11) is 1.61. The van der Waals surface area contributed by atoms with Gasteiger partial charge in [-0.2, -0.15) is 0 Å². The minimum absolute atomic E-state index is 0.348. The molecule has 0 N–H and O–H groups in total. The lowest BCUT2D eigenvalue weighted by atomic mass is 10.1. The van der Waals surface area contributed by atoms with E-state index in [0.29, 0.717) is 11.4 Å². The highest BCUT2D eigenvalue weighted by Gasteiger charge is 2.17. The van der Waals surface area contributed by atoms with Gasteiger partial charge in [-0.15, -0.1) is 5.10 Å². The van der Waals surface area contributed by atoms with Gasteiger partial charge in [0.05, 0.1) is 7.11 Å². The summed E-state index contributed by atoms with van der Waals surface area (Å²) in [6, 6.07) is 7.57. The number of para-hydroxylation sites is 1. The molecule has 2 aromatic rings. The van der Waals surface area contributed by atoms with Crippen molar-refractivity contribution in [2.75, 3.05) is 7.11 Å². The van der Waals surface area contributed by atoms with E-state index in [4.69, 9.17) is 4.74 Å². The van der Waals surface area contributed by atoms with Gasteiger partial charge in [-0.3, -0.25) is 4.79 Å². The monoisotopic (exact) mass is 259 g/mol. The number of hydrogen-bond acceptors (Lipinski definition) is 4. The number of benzene rings is 1. The number of nitrogens with zero attached hydrogens (tertiary/aromatic N) is 3. The normalized spacial score (nSPS) is 10.4. The molecule has 0 aliphatic carbocycles. The van der Waals surface area contributed by atoms with Crippen molar-refractivity contribution in [2.24, 2.45) is 0 Å². The zero-order valence-corrected chi connectivity index (χ0v) is 11.2. The fourth-order valence-corrected chi connectivity index (χ4v) is 1.99. The van der Waals surface area contributed by atoms with Gasteiger partial charge < -0.3 is 4.74 Å². The maximum atomic E-state index is 11.1. The predicted octanol–water partition coefficient (Wildman–Crippen LogP) is 2.57. The van der Waals surface area contributed by atoms with Crippen molar-refractivity contribution in [3.05, 3.63) is 30.0 Å². The molecule has 0 saturated heterocycles. The first-order valence-corrected chi connectivity index (χ1v) is 6.33. The van der Waals surface area contributed by atoms with Gasteiger partial charge in [0, 0.05) is 12.1 Å². The molecule has 5 heteroatoms. The first-order chi connectivity index (χ1) is 9.31. The lowest BCUT2D eigenvalue weighted by molar-refractivity contribution is 0.111. The zero-order valence-electron chi connectivity index (χ0n) is 11.2. The van der Waals surface area contributed by atoms with Crippen molar-refractivity contribution in [2.45, 2.75) is 26.3 Å². The minimum Gasteiger partial charge on any atom is -0.496 e. The van der Waals surface area contributed by atoms with E-state index in [-0.39, 0.29) is 0 Å². The molecule has 100 valence electrons. The van der Waals surface area contributed by atoms with Crippen molar-refractivity contribution in [1.29, 1.82) is 0 Å². The Labute approximate surface area is 112 Å². The molecule has 5 nitrogen and oxygen atoms in total. The maximum Gasteiger partial charge on any atom is 0.172 e. The molecule has 0 aliphatic rings. The molecule has 0 fully saturated rings. The number of methoxy groups -OCH3 is 1. The number of carbonyl (C=O) groups excluding carboxylic acids is 1. The zero-order chi connectivity index (χ0) is 13.7. The second kappa shape index (κ2) is 6.13. The second-order valence-electron chi connectivity index (χ2n) is 4.22. The van der Waals surface area contributed by atoms with Gasteiger partial charge in [0.15, 0.2) is 12.0 Å². The minimum atomic E-state index is 0.348. The van der Waals surface area contributed by atoms with Gasteiger partial charge in [-0.25, -0.2) is 4.68 Å². The van der Waals surface area contributed by atoms with E-state index in [1.807, 2.05) is 24.3 Å². The van der Waals surface area contributed by atoms with Crippen LogP contribution in [0.15, 0.2) is 24.3 Å². The van der Waals surface area contributed by atoms with E-state index in [0.717, 1.165) is 36.9 Å². The Balaban J connectivity index is 2.52. The molecule has 0 amide bonds. The summed E-state index contributed by atoms with van der Waals surface area (Å²) in [5.74, 6) is 0.714. The number of hydrogen-bond donors (Lipinski definition) is 0. The van der Waals surface area contributed by atoms with Crippen LogP contribution in [0.2, 0.25) is 0 Å². The van der Waals surface area contributed by atoms with Crippen molar-refractivity contribution in [3.63, 3.8) is 0 Å². The van der Waals surface area contributed by atoms with Crippen LogP contribution in [-0.4, -0.2) is 28.4 Å². The highest BCUT2D eigenvalue weighted by molar-refractivity contribution is 5.85. The standard InChI is InChI=1S/C14H17N3O2/c1-3-4-9-17-14(12(10-18)15-16-17)11-7-5-6-8-13(11)19-2/h5-8,10H,3-4,9H2,1-2H3. The summed E-state index contributed by atoms with van der Waals surface area (Å²) in [6.07, 6.45) is 2.78. The van der Waals surface area contributed by atoms with Gasteiger partial charge in [-0.05, 0) is 18.6 Å². The predicted molar refractivity (Wildman–Crippen MR) is 72.3 cm³/mol. The van der Waals surface area contributed by atoms with E-state index >= 15 is 0 Å². The quantitative estimate of drug-likeness (QED) is 0.748. The SMILES string of the molecule is CCCCn1nnc(C=O)c1-c1ccccc1OC. The van der Waals surface area contributed by atoms with Crippen LogP contribution in [0.5, 0.6) is 5.75 Å². The highest BCUT2D eigenvalue weighted by Crippen LogP contribution is 2.30. The summed E-state index contributed by atoms with van der Waals surface area (Å²) in [6.45, 7) is 2.85. The molecule has 0 atom stereocenters. The van der Waals surface area contributed by atoms with Gasteiger partial charge in [0.25, 0.3) is 0 Å². The number of aromatic nitrogens is 3. The molecule has 0 unspecified atom stereocenters. The first kappa shape index (κ1) is 13.3. The Hall–Kier alpha value is -2.17. The summed E-state index contributed by atoms with van der Waals surface area (Å²) in [5.41, 5.74) is 1.91. The van der Waals surface area contributed by atoms with Crippen molar-refractivity contribution < 1.29 is 9.53 Å². The Morgan fingerprint density at radius 3 is 2.84 bits per heavy atom. The van der Waals surface area contributed by atoms with E-state index in [1.165, 1.54) is 0 Å². The average molecular weight is 259 g/mol. The second-order valence-corrected chi connectivity index (χ2v) is 4.22. The van der Waals surface area contributed by atoms with E-state index < -0.39 is 0 Å². The lowest BCUT2D eigenvalue weighted by Gasteiger charge is -2.10. The summed E-state index contributed by atoms with van der Waals surface area (Å²) in [5, 5.41) is 7.98. The lowest BCUT2D eigenvalue weighted by Crippen LogP contribution is -2.04. The molecule has 0 saturated carbocycles. The van der Waals surface area contributed by atoms with Crippen LogP contribution >= 0.6 is 0 Å². The van der Waals surface area contributed by atoms with Gasteiger partial charge in [0.1, 0.15) is 11.4 Å². The highest BCUT2D eigenvalue weighted by atomic mass is 16.5. The molecule has 0 bridgehead atoms. The van der Waals surface area contributed by atoms with Gasteiger partial charge in [0.2, 0.25) is 0 Å². The number of aldehydes is 1.